The molecule has 2 aromatic rings. The Labute approximate surface area is 137 Å². The molecule has 24 heavy (non-hydrogen) atoms. The van der Waals surface area contributed by atoms with E-state index in [0.29, 0.717) is 30.2 Å². The molecule has 0 radical (unpaired) electrons. The molecule has 1 aromatic carbocycles. The van der Waals surface area contributed by atoms with Crippen LogP contribution in [0.15, 0.2) is 24.5 Å². The summed E-state index contributed by atoms with van der Waals surface area (Å²) < 4.78 is 10.6. The molecule has 0 bridgehead atoms. The van der Waals surface area contributed by atoms with Gasteiger partial charge in [0.25, 0.3) is 0 Å². The lowest BCUT2D eigenvalue weighted by atomic mass is 10.0. The minimum absolute atomic E-state index is 0.0974. The normalized spacial score (nSPS) is 18.3. The summed E-state index contributed by atoms with van der Waals surface area (Å²) >= 11 is 0. The molecule has 2 aliphatic heterocycles. The Bertz CT molecular complexity index is 816. The smallest absolute Gasteiger partial charge is 0.332 e. The topological polar surface area (TPSA) is 105 Å². The second-order valence-electron chi connectivity index (χ2n) is 5.71. The van der Waals surface area contributed by atoms with Crippen LogP contribution >= 0.6 is 0 Å². The molecule has 1 amide bonds. The van der Waals surface area contributed by atoms with E-state index in [1.807, 2.05) is 0 Å². The van der Waals surface area contributed by atoms with E-state index in [9.17, 15) is 14.7 Å². The summed E-state index contributed by atoms with van der Waals surface area (Å²) in [5.41, 5.74) is 1.93. The van der Waals surface area contributed by atoms with Crippen molar-refractivity contribution in [3.05, 3.63) is 41.5 Å². The Hall–Kier alpha value is -3.03. The number of fused-ring (bicyclic) bond motifs is 2. The van der Waals surface area contributed by atoms with Crippen LogP contribution in [0.5, 0.6) is 11.5 Å². The summed E-state index contributed by atoms with van der Waals surface area (Å²) in [7, 11) is 0. The Balaban J connectivity index is 1.56. The molecule has 2 N–H and O–H groups in total. The summed E-state index contributed by atoms with van der Waals surface area (Å²) in [6, 6.07) is 4.23. The fourth-order valence-electron chi connectivity index (χ4n) is 3.12. The third-order valence-electron chi connectivity index (χ3n) is 4.27. The number of aromatic amines is 1. The van der Waals surface area contributed by atoms with Crippen LogP contribution in [0.2, 0.25) is 0 Å². The molecule has 0 fully saturated rings. The van der Waals surface area contributed by atoms with E-state index in [4.69, 9.17) is 9.47 Å². The predicted octanol–water partition coefficient (Wildman–Crippen LogP) is 0.891. The third kappa shape index (κ3) is 2.36. The largest absolute Gasteiger partial charge is 0.479 e. The monoisotopic (exact) mass is 329 g/mol. The van der Waals surface area contributed by atoms with E-state index in [-0.39, 0.29) is 19.1 Å². The standard InChI is InChI=1S/C16H15N3O5/c20-13(6-9-1-2-11-12(5-9)24-8-23-11)19-4-3-10-14(18-7-17-10)15(19)16(21)22/h1-2,5,7,15H,3-4,6,8H2,(H,17,18)(H,21,22)/t15-/m0/s1. The van der Waals surface area contributed by atoms with E-state index in [2.05, 4.69) is 9.97 Å². The van der Waals surface area contributed by atoms with Crippen LogP contribution in [-0.2, 0) is 22.4 Å². The second kappa shape index (κ2) is 5.55. The molecule has 8 heteroatoms. The number of aliphatic carboxylic acids is 1. The van der Waals surface area contributed by atoms with E-state index in [0.717, 1.165) is 11.3 Å². The fourth-order valence-corrected chi connectivity index (χ4v) is 3.12. The van der Waals surface area contributed by atoms with Crippen LogP contribution in [0.1, 0.15) is 23.0 Å². The summed E-state index contributed by atoms with van der Waals surface area (Å²) in [6.45, 7) is 0.511. The maximum atomic E-state index is 12.7. The number of carboxylic acids is 1. The van der Waals surface area contributed by atoms with Gasteiger partial charge in [0.2, 0.25) is 12.7 Å². The van der Waals surface area contributed by atoms with Gasteiger partial charge in [0, 0.05) is 18.7 Å². The number of imidazole rings is 1. The van der Waals surface area contributed by atoms with Gasteiger partial charge in [-0.25, -0.2) is 9.78 Å². The van der Waals surface area contributed by atoms with Crippen LogP contribution in [-0.4, -0.2) is 45.2 Å². The second-order valence-corrected chi connectivity index (χ2v) is 5.71. The average molecular weight is 329 g/mol. The van der Waals surface area contributed by atoms with Gasteiger partial charge in [-0.3, -0.25) is 4.79 Å². The number of aromatic nitrogens is 2. The third-order valence-corrected chi connectivity index (χ3v) is 4.27. The zero-order chi connectivity index (χ0) is 16.7. The van der Waals surface area contributed by atoms with Crippen molar-refractivity contribution >= 4 is 11.9 Å². The molecule has 1 atom stereocenters. The van der Waals surface area contributed by atoms with Gasteiger partial charge in [-0.15, -0.1) is 0 Å². The van der Waals surface area contributed by atoms with E-state index >= 15 is 0 Å². The van der Waals surface area contributed by atoms with Crippen molar-refractivity contribution in [2.45, 2.75) is 18.9 Å². The van der Waals surface area contributed by atoms with Crippen molar-refractivity contribution in [3.63, 3.8) is 0 Å². The lowest BCUT2D eigenvalue weighted by Crippen LogP contribution is -2.44. The lowest BCUT2D eigenvalue weighted by molar-refractivity contribution is -0.151. The number of nitrogens with zero attached hydrogens (tertiary/aromatic N) is 2. The van der Waals surface area contributed by atoms with E-state index in [1.165, 1.54) is 11.2 Å². The van der Waals surface area contributed by atoms with Crippen molar-refractivity contribution < 1.29 is 24.2 Å². The average Bonchev–Trinajstić information content (AvgIpc) is 3.21. The molecule has 0 saturated heterocycles. The number of H-pyrrole nitrogens is 1. The molecular formula is C16H15N3O5. The van der Waals surface area contributed by atoms with Gasteiger partial charge in [-0.2, -0.15) is 0 Å². The van der Waals surface area contributed by atoms with E-state index in [1.54, 1.807) is 18.2 Å². The SMILES string of the molecule is O=C(O)[C@@H]1c2nc[nH]c2CCN1C(=O)Cc1ccc2c(c1)OCO2. The first-order chi connectivity index (χ1) is 11.6. The van der Waals surface area contributed by atoms with Crippen LogP contribution in [0.4, 0.5) is 0 Å². The molecule has 8 nitrogen and oxygen atoms in total. The van der Waals surface area contributed by atoms with Crippen LogP contribution in [0, 0.1) is 0 Å². The number of benzene rings is 1. The number of ether oxygens (including phenoxy) is 2. The van der Waals surface area contributed by atoms with Crippen molar-refractivity contribution in [1.82, 2.24) is 14.9 Å². The predicted molar refractivity (Wildman–Crippen MR) is 80.7 cm³/mol. The van der Waals surface area contributed by atoms with Gasteiger partial charge in [0.15, 0.2) is 17.5 Å². The summed E-state index contributed by atoms with van der Waals surface area (Å²) in [5, 5.41) is 9.53. The lowest BCUT2D eigenvalue weighted by Gasteiger charge is -2.32. The van der Waals surface area contributed by atoms with Gasteiger partial charge in [-0.1, -0.05) is 6.07 Å². The molecule has 0 saturated carbocycles. The van der Waals surface area contributed by atoms with Gasteiger partial charge in [-0.05, 0) is 17.7 Å². The van der Waals surface area contributed by atoms with Crippen LogP contribution in [0.25, 0.3) is 0 Å². The van der Waals surface area contributed by atoms with Gasteiger partial charge >= 0.3 is 5.97 Å². The minimum atomic E-state index is -1.08. The number of amides is 1. The Morgan fingerprint density at radius 2 is 2.17 bits per heavy atom. The molecule has 124 valence electrons. The number of carbonyl (C=O) groups excluding carboxylic acids is 1. The molecule has 3 heterocycles. The Kier molecular flexibility index (Phi) is 3.37. The number of hydrogen-bond acceptors (Lipinski definition) is 5. The minimum Gasteiger partial charge on any atom is -0.479 e. The van der Waals surface area contributed by atoms with Crippen molar-refractivity contribution in [3.8, 4) is 11.5 Å². The van der Waals surface area contributed by atoms with Gasteiger partial charge in [0.1, 0.15) is 0 Å². The maximum Gasteiger partial charge on any atom is 0.332 e. The fraction of sp³-hybridized carbons (Fsp3) is 0.312. The highest BCUT2D eigenvalue weighted by Gasteiger charge is 2.37. The quantitative estimate of drug-likeness (QED) is 0.866. The van der Waals surface area contributed by atoms with Crippen LogP contribution < -0.4 is 9.47 Å². The number of hydrogen-bond donors (Lipinski definition) is 2. The first kappa shape index (κ1) is 14.6. The molecule has 0 spiro atoms. The highest BCUT2D eigenvalue weighted by molar-refractivity contribution is 5.86. The summed E-state index contributed by atoms with van der Waals surface area (Å²) in [4.78, 5) is 32.7. The molecule has 2 aliphatic rings. The summed E-state index contributed by atoms with van der Waals surface area (Å²) in [6.07, 6.45) is 2.12. The van der Waals surface area contributed by atoms with E-state index < -0.39 is 12.0 Å². The number of carboxylic acid groups (broad SMARTS) is 1. The van der Waals surface area contributed by atoms with Crippen molar-refractivity contribution in [1.29, 1.82) is 0 Å². The van der Waals surface area contributed by atoms with Crippen LogP contribution in [0.3, 0.4) is 0 Å². The first-order valence-electron chi connectivity index (χ1n) is 7.56. The van der Waals surface area contributed by atoms with Crippen molar-refractivity contribution in [2.75, 3.05) is 13.3 Å². The summed E-state index contributed by atoms with van der Waals surface area (Å²) in [5.74, 6) is -0.0888. The number of carbonyl (C=O) groups is 2. The van der Waals surface area contributed by atoms with Gasteiger partial charge in [0.05, 0.1) is 18.4 Å². The molecule has 0 unspecified atom stereocenters. The Morgan fingerprint density at radius 1 is 1.33 bits per heavy atom. The molecule has 1 aromatic heterocycles. The zero-order valence-corrected chi connectivity index (χ0v) is 12.7. The van der Waals surface area contributed by atoms with Crippen molar-refractivity contribution in [2.24, 2.45) is 0 Å². The Morgan fingerprint density at radius 3 is 3.00 bits per heavy atom. The maximum absolute atomic E-state index is 12.7. The molecular weight excluding hydrogens is 314 g/mol. The first-order valence-corrected chi connectivity index (χ1v) is 7.56. The van der Waals surface area contributed by atoms with Gasteiger partial charge < -0.3 is 24.5 Å². The molecule has 4 rings (SSSR count). The number of rotatable bonds is 3. The number of nitrogens with one attached hydrogen (secondary N) is 1. The highest BCUT2D eigenvalue weighted by atomic mass is 16.7. The highest BCUT2D eigenvalue weighted by Crippen LogP contribution is 2.33. The zero-order valence-electron chi connectivity index (χ0n) is 12.7. The molecule has 0 aliphatic carbocycles.